The number of imidazole rings is 1. The molecule has 3 nitrogen and oxygen atoms in total. The highest BCUT2D eigenvalue weighted by molar-refractivity contribution is 5.31. The van der Waals surface area contributed by atoms with Crippen LogP contribution in [-0.4, -0.2) is 16.1 Å². The molecule has 0 aliphatic rings. The van der Waals surface area contributed by atoms with Gasteiger partial charge in [-0.15, -0.1) is 0 Å². The minimum atomic E-state index is 0.399. The quantitative estimate of drug-likeness (QED) is 0.873. The Balaban J connectivity index is 2.10. The first-order valence-corrected chi connectivity index (χ1v) is 7.38. The SMILES string of the molecule is CCNC(CCc1nccn1C)c1ccc(C)c(C)c1. The first kappa shape index (κ1) is 14.8. The van der Waals surface area contributed by atoms with Crippen LogP contribution in [0.4, 0.5) is 0 Å². The Morgan fingerprint density at radius 3 is 2.65 bits per heavy atom. The lowest BCUT2D eigenvalue weighted by atomic mass is 9.97. The summed E-state index contributed by atoms with van der Waals surface area (Å²) < 4.78 is 2.10. The Labute approximate surface area is 122 Å². The summed E-state index contributed by atoms with van der Waals surface area (Å²) in [6, 6.07) is 7.17. The van der Waals surface area contributed by atoms with Crippen LogP contribution in [-0.2, 0) is 13.5 Å². The Morgan fingerprint density at radius 1 is 1.25 bits per heavy atom. The molecule has 1 aromatic carbocycles. The van der Waals surface area contributed by atoms with E-state index in [1.54, 1.807) is 0 Å². The molecule has 1 atom stereocenters. The zero-order chi connectivity index (χ0) is 14.5. The molecule has 1 unspecified atom stereocenters. The third-order valence-electron chi connectivity index (χ3n) is 3.96. The fraction of sp³-hybridized carbons (Fsp3) is 0.471. The molecule has 0 fully saturated rings. The summed E-state index contributed by atoms with van der Waals surface area (Å²) >= 11 is 0. The smallest absolute Gasteiger partial charge is 0.108 e. The van der Waals surface area contributed by atoms with Gasteiger partial charge in [0.15, 0.2) is 0 Å². The first-order valence-electron chi connectivity index (χ1n) is 7.38. The van der Waals surface area contributed by atoms with Crippen LogP contribution in [0.15, 0.2) is 30.6 Å². The van der Waals surface area contributed by atoms with Crippen molar-refractivity contribution in [2.75, 3.05) is 6.54 Å². The van der Waals surface area contributed by atoms with Gasteiger partial charge in [-0.1, -0.05) is 25.1 Å². The highest BCUT2D eigenvalue weighted by Crippen LogP contribution is 2.21. The minimum absolute atomic E-state index is 0.399. The van der Waals surface area contributed by atoms with Gasteiger partial charge in [0, 0.05) is 31.9 Å². The van der Waals surface area contributed by atoms with Crippen LogP contribution in [0.1, 0.15) is 41.9 Å². The van der Waals surface area contributed by atoms with Gasteiger partial charge in [0.1, 0.15) is 5.82 Å². The summed E-state index contributed by atoms with van der Waals surface area (Å²) in [7, 11) is 2.06. The summed E-state index contributed by atoms with van der Waals surface area (Å²) in [5.74, 6) is 1.15. The number of rotatable bonds is 6. The summed E-state index contributed by atoms with van der Waals surface area (Å²) in [5, 5.41) is 3.59. The van der Waals surface area contributed by atoms with Crippen LogP contribution < -0.4 is 5.32 Å². The molecule has 0 bridgehead atoms. The van der Waals surface area contributed by atoms with Crippen LogP contribution in [0, 0.1) is 13.8 Å². The molecule has 20 heavy (non-hydrogen) atoms. The van der Waals surface area contributed by atoms with Gasteiger partial charge in [-0.05, 0) is 43.5 Å². The second-order valence-corrected chi connectivity index (χ2v) is 5.45. The van der Waals surface area contributed by atoms with Crippen molar-refractivity contribution < 1.29 is 0 Å². The maximum Gasteiger partial charge on any atom is 0.108 e. The molecule has 1 heterocycles. The molecule has 0 saturated carbocycles. The van der Waals surface area contributed by atoms with Crippen molar-refractivity contribution in [3.63, 3.8) is 0 Å². The highest BCUT2D eigenvalue weighted by Gasteiger charge is 2.12. The number of benzene rings is 1. The van der Waals surface area contributed by atoms with E-state index < -0.39 is 0 Å². The van der Waals surface area contributed by atoms with Crippen molar-refractivity contribution in [2.24, 2.45) is 7.05 Å². The Kier molecular flexibility index (Phi) is 4.96. The lowest BCUT2D eigenvalue weighted by Crippen LogP contribution is -2.22. The predicted molar refractivity (Wildman–Crippen MR) is 83.9 cm³/mol. The van der Waals surface area contributed by atoms with Gasteiger partial charge in [0.05, 0.1) is 0 Å². The summed E-state index contributed by atoms with van der Waals surface area (Å²) in [6.45, 7) is 7.49. The average Bonchev–Trinajstić information content (AvgIpc) is 2.83. The molecule has 2 aromatic rings. The Morgan fingerprint density at radius 2 is 2.05 bits per heavy atom. The number of hydrogen-bond donors (Lipinski definition) is 1. The third-order valence-corrected chi connectivity index (χ3v) is 3.96. The average molecular weight is 271 g/mol. The normalized spacial score (nSPS) is 12.6. The van der Waals surface area contributed by atoms with Crippen LogP contribution in [0.3, 0.4) is 0 Å². The molecule has 0 aliphatic heterocycles. The van der Waals surface area contributed by atoms with E-state index in [1.807, 2.05) is 12.4 Å². The monoisotopic (exact) mass is 271 g/mol. The lowest BCUT2D eigenvalue weighted by molar-refractivity contribution is 0.505. The molecule has 0 radical (unpaired) electrons. The van der Waals surface area contributed by atoms with E-state index >= 15 is 0 Å². The summed E-state index contributed by atoms with van der Waals surface area (Å²) in [6.07, 6.45) is 5.94. The maximum absolute atomic E-state index is 4.41. The number of nitrogens with zero attached hydrogens (tertiary/aromatic N) is 2. The van der Waals surface area contributed by atoms with Crippen LogP contribution in [0.2, 0.25) is 0 Å². The zero-order valence-corrected chi connectivity index (χ0v) is 13.0. The van der Waals surface area contributed by atoms with E-state index in [4.69, 9.17) is 0 Å². The molecule has 3 heteroatoms. The molecule has 2 rings (SSSR count). The molecule has 0 spiro atoms. The second-order valence-electron chi connectivity index (χ2n) is 5.45. The molecular formula is C17H25N3. The van der Waals surface area contributed by atoms with E-state index in [0.717, 1.165) is 25.2 Å². The highest BCUT2D eigenvalue weighted by atomic mass is 15.0. The summed E-state index contributed by atoms with van der Waals surface area (Å²) in [5.41, 5.74) is 4.10. The van der Waals surface area contributed by atoms with E-state index in [2.05, 4.69) is 60.9 Å². The molecular weight excluding hydrogens is 246 g/mol. The van der Waals surface area contributed by atoms with Crippen LogP contribution in [0.25, 0.3) is 0 Å². The summed E-state index contributed by atoms with van der Waals surface area (Å²) in [4.78, 5) is 4.41. The van der Waals surface area contributed by atoms with Gasteiger partial charge in [-0.25, -0.2) is 4.98 Å². The van der Waals surface area contributed by atoms with Crippen molar-refractivity contribution in [3.05, 3.63) is 53.1 Å². The van der Waals surface area contributed by atoms with Gasteiger partial charge in [-0.3, -0.25) is 0 Å². The fourth-order valence-electron chi connectivity index (χ4n) is 2.53. The molecule has 0 amide bonds. The minimum Gasteiger partial charge on any atom is -0.338 e. The molecule has 0 aliphatic carbocycles. The number of aryl methyl sites for hydroxylation is 4. The third kappa shape index (κ3) is 3.48. The van der Waals surface area contributed by atoms with Gasteiger partial charge in [0.25, 0.3) is 0 Å². The van der Waals surface area contributed by atoms with Gasteiger partial charge < -0.3 is 9.88 Å². The predicted octanol–water partition coefficient (Wildman–Crippen LogP) is 3.32. The zero-order valence-electron chi connectivity index (χ0n) is 13.0. The van der Waals surface area contributed by atoms with E-state index in [0.29, 0.717) is 6.04 Å². The number of nitrogens with one attached hydrogen (secondary N) is 1. The van der Waals surface area contributed by atoms with Gasteiger partial charge in [-0.2, -0.15) is 0 Å². The lowest BCUT2D eigenvalue weighted by Gasteiger charge is -2.19. The van der Waals surface area contributed by atoms with E-state index in [-0.39, 0.29) is 0 Å². The standard InChI is InChI=1S/C17H25N3/c1-5-18-16(8-9-17-19-10-11-20(17)4)15-7-6-13(2)14(3)12-15/h6-7,10-12,16,18H,5,8-9H2,1-4H3. The number of aromatic nitrogens is 2. The van der Waals surface area contributed by atoms with Crippen molar-refractivity contribution in [3.8, 4) is 0 Å². The molecule has 1 aromatic heterocycles. The van der Waals surface area contributed by atoms with Crippen molar-refractivity contribution in [1.82, 2.24) is 14.9 Å². The first-order chi connectivity index (χ1) is 9.61. The van der Waals surface area contributed by atoms with Gasteiger partial charge in [0.2, 0.25) is 0 Å². The van der Waals surface area contributed by atoms with Crippen molar-refractivity contribution >= 4 is 0 Å². The Hall–Kier alpha value is -1.61. The van der Waals surface area contributed by atoms with E-state index in [9.17, 15) is 0 Å². The molecule has 1 N–H and O–H groups in total. The Bertz CT molecular complexity index is 557. The maximum atomic E-state index is 4.41. The molecule has 0 saturated heterocycles. The molecule has 108 valence electrons. The van der Waals surface area contributed by atoms with Crippen molar-refractivity contribution in [1.29, 1.82) is 0 Å². The van der Waals surface area contributed by atoms with Gasteiger partial charge >= 0.3 is 0 Å². The topological polar surface area (TPSA) is 29.9 Å². The largest absolute Gasteiger partial charge is 0.338 e. The van der Waals surface area contributed by atoms with Crippen molar-refractivity contribution in [2.45, 2.75) is 39.7 Å². The second kappa shape index (κ2) is 6.71. The van der Waals surface area contributed by atoms with Crippen LogP contribution >= 0.6 is 0 Å². The van der Waals surface area contributed by atoms with E-state index in [1.165, 1.54) is 16.7 Å². The fourth-order valence-corrected chi connectivity index (χ4v) is 2.53. The number of hydrogen-bond acceptors (Lipinski definition) is 2. The van der Waals surface area contributed by atoms with Crippen LogP contribution in [0.5, 0.6) is 0 Å².